The molecule has 96 valence electrons. The zero-order valence-electron chi connectivity index (χ0n) is 9.97. The average Bonchev–Trinajstić information content (AvgIpc) is 3.08. The number of carboxylic acid groups (broad SMARTS) is 1. The molecule has 2 saturated carbocycles. The van der Waals surface area contributed by atoms with Gasteiger partial charge in [0, 0.05) is 13.1 Å². The molecule has 5 heteroatoms. The number of carbonyl (C=O) groups excluding carboxylic acids is 1. The van der Waals surface area contributed by atoms with Gasteiger partial charge in [0.1, 0.15) is 0 Å². The summed E-state index contributed by atoms with van der Waals surface area (Å²) >= 11 is 0. The lowest BCUT2D eigenvalue weighted by Crippen LogP contribution is -2.46. The van der Waals surface area contributed by atoms with Crippen LogP contribution in [0.2, 0.25) is 0 Å². The van der Waals surface area contributed by atoms with Crippen LogP contribution >= 0.6 is 0 Å². The Balaban J connectivity index is 1.87. The van der Waals surface area contributed by atoms with E-state index in [4.69, 9.17) is 10.8 Å². The molecule has 1 unspecified atom stereocenters. The fraction of sp³-hybridized carbons (Fsp3) is 0.833. The molecule has 0 aliphatic heterocycles. The molecule has 0 aromatic heterocycles. The molecule has 17 heavy (non-hydrogen) atoms. The van der Waals surface area contributed by atoms with Crippen molar-refractivity contribution < 1.29 is 14.7 Å². The Morgan fingerprint density at radius 3 is 2.00 bits per heavy atom. The molecule has 2 aliphatic carbocycles. The molecule has 0 aromatic carbocycles. The van der Waals surface area contributed by atoms with Crippen LogP contribution in [0.3, 0.4) is 0 Å². The van der Waals surface area contributed by atoms with Gasteiger partial charge in [0.05, 0.1) is 12.5 Å². The van der Waals surface area contributed by atoms with E-state index < -0.39 is 12.0 Å². The van der Waals surface area contributed by atoms with E-state index in [2.05, 4.69) is 0 Å². The summed E-state index contributed by atoms with van der Waals surface area (Å²) in [7, 11) is 0. The first-order valence-electron chi connectivity index (χ1n) is 6.32. The zero-order valence-corrected chi connectivity index (χ0v) is 9.97. The number of carbonyl (C=O) groups is 2. The molecule has 0 heterocycles. The average molecular weight is 240 g/mol. The summed E-state index contributed by atoms with van der Waals surface area (Å²) in [4.78, 5) is 24.4. The molecule has 0 saturated heterocycles. The molecule has 3 N–H and O–H groups in total. The van der Waals surface area contributed by atoms with Gasteiger partial charge in [-0.1, -0.05) is 0 Å². The molecular formula is C12H20N2O3. The number of amides is 1. The van der Waals surface area contributed by atoms with Crippen LogP contribution in [-0.4, -0.2) is 41.0 Å². The lowest BCUT2D eigenvalue weighted by atomic mass is 10.1. The maximum absolute atomic E-state index is 12.0. The van der Waals surface area contributed by atoms with Crippen LogP contribution < -0.4 is 5.73 Å². The van der Waals surface area contributed by atoms with Gasteiger partial charge in [0.15, 0.2) is 0 Å². The van der Waals surface area contributed by atoms with Crippen molar-refractivity contribution in [2.45, 2.75) is 38.1 Å². The monoisotopic (exact) mass is 240 g/mol. The fourth-order valence-electron chi connectivity index (χ4n) is 1.99. The Bertz CT molecular complexity index is 297. The Morgan fingerprint density at radius 2 is 1.65 bits per heavy atom. The van der Waals surface area contributed by atoms with Crippen LogP contribution in [-0.2, 0) is 9.59 Å². The molecule has 5 nitrogen and oxygen atoms in total. The number of hydrogen-bond donors (Lipinski definition) is 2. The topological polar surface area (TPSA) is 83.6 Å². The van der Waals surface area contributed by atoms with E-state index >= 15 is 0 Å². The number of rotatable bonds is 7. The fourth-order valence-corrected chi connectivity index (χ4v) is 1.99. The third-order valence-electron chi connectivity index (χ3n) is 3.37. The van der Waals surface area contributed by atoms with Crippen LogP contribution in [0.25, 0.3) is 0 Å². The van der Waals surface area contributed by atoms with Crippen molar-refractivity contribution in [2.24, 2.45) is 17.6 Å². The molecular weight excluding hydrogens is 220 g/mol. The summed E-state index contributed by atoms with van der Waals surface area (Å²) < 4.78 is 0. The standard InChI is InChI=1S/C12H20N2O3/c13-10(5-11(15)16)12(17)14(6-8-1-2-8)7-9-3-4-9/h8-10H,1-7,13H2,(H,15,16). The molecule has 1 atom stereocenters. The van der Waals surface area contributed by atoms with Gasteiger partial charge in [0.25, 0.3) is 0 Å². The summed E-state index contributed by atoms with van der Waals surface area (Å²) in [6.45, 7) is 1.53. The van der Waals surface area contributed by atoms with Crippen LogP contribution in [0, 0.1) is 11.8 Å². The summed E-state index contributed by atoms with van der Waals surface area (Å²) in [6, 6.07) is -0.884. The largest absolute Gasteiger partial charge is 0.481 e. The summed E-state index contributed by atoms with van der Waals surface area (Å²) in [6.07, 6.45) is 4.46. The van der Waals surface area contributed by atoms with Crippen molar-refractivity contribution in [1.29, 1.82) is 0 Å². The van der Waals surface area contributed by atoms with Gasteiger partial charge in [-0.2, -0.15) is 0 Å². The predicted octanol–water partition coefficient (Wildman–Crippen LogP) is 0.437. The maximum atomic E-state index is 12.0. The van der Waals surface area contributed by atoms with Gasteiger partial charge in [-0.25, -0.2) is 0 Å². The van der Waals surface area contributed by atoms with Gasteiger partial charge in [-0.15, -0.1) is 0 Å². The lowest BCUT2D eigenvalue weighted by Gasteiger charge is -2.25. The molecule has 2 aliphatic rings. The molecule has 1 amide bonds. The maximum Gasteiger partial charge on any atom is 0.305 e. The Labute approximate surface area is 101 Å². The number of aliphatic carboxylic acids is 1. The number of nitrogens with two attached hydrogens (primary N) is 1. The van der Waals surface area contributed by atoms with Crippen molar-refractivity contribution in [2.75, 3.05) is 13.1 Å². The van der Waals surface area contributed by atoms with Crippen molar-refractivity contribution in [3.05, 3.63) is 0 Å². The molecule has 0 bridgehead atoms. The summed E-state index contributed by atoms with van der Waals surface area (Å²) in [5, 5.41) is 8.65. The number of hydrogen-bond acceptors (Lipinski definition) is 3. The van der Waals surface area contributed by atoms with E-state index in [0.717, 1.165) is 13.1 Å². The molecule has 0 radical (unpaired) electrons. The van der Waals surface area contributed by atoms with Gasteiger partial charge < -0.3 is 15.7 Å². The van der Waals surface area contributed by atoms with Gasteiger partial charge in [-0.3, -0.25) is 9.59 Å². The zero-order chi connectivity index (χ0) is 12.4. The number of nitrogens with zero attached hydrogens (tertiary/aromatic N) is 1. The number of carboxylic acids is 1. The SMILES string of the molecule is NC(CC(=O)O)C(=O)N(CC1CC1)CC1CC1. The third kappa shape index (κ3) is 4.00. The van der Waals surface area contributed by atoms with E-state index in [-0.39, 0.29) is 12.3 Å². The first-order chi connectivity index (χ1) is 8.06. The van der Waals surface area contributed by atoms with Gasteiger partial charge in [0.2, 0.25) is 5.91 Å². The van der Waals surface area contributed by atoms with Crippen LogP contribution in [0.15, 0.2) is 0 Å². The summed E-state index contributed by atoms with van der Waals surface area (Å²) in [5.74, 6) is 0.0410. The highest BCUT2D eigenvalue weighted by Crippen LogP contribution is 2.33. The van der Waals surface area contributed by atoms with Gasteiger partial charge >= 0.3 is 5.97 Å². The van der Waals surface area contributed by atoms with Crippen LogP contribution in [0.5, 0.6) is 0 Å². The van der Waals surface area contributed by atoms with Gasteiger partial charge in [-0.05, 0) is 37.5 Å². The summed E-state index contributed by atoms with van der Waals surface area (Å²) in [5.41, 5.74) is 5.64. The highest BCUT2D eigenvalue weighted by Gasteiger charge is 2.33. The predicted molar refractivity (Wildman–Crippen MR) is 62.3 cm³/mol. The van der Waals surface area contributed by atoms with E-state index in [1.807, 2.05) is 0 Å². The lowest BCUT2D eigenvalue weighted by molar-refractivity contribution is -0.142. The second-order valence-electron chi connectivity index (χ2n) is 5.33. The highest BCUT2D eigenvalue weighted by molar-refractivity contribution is 5.86. The van der Waals surface area contributed by atoms with Crippen molar-refractivity contribution in [3.63, 3.8) is 0 Å². The minimum atomic E-state index is -1.01. The third-order valence-corrected chi connectivity index (χ3v) is 3.37. The van der Waals surface area contributed by atoms with Crippen molar-refractivity contribution in [1.82, 2.24) is 4.90 Å². The smallest absolute Gasteiger partial charge is 0.305 e. The van der Waals surface area contributed by atoms with E-state index in [9.17, 15) is 9.59 Å². The minimum absolute atomic E-state index is 0.189. The van der Waals surface area contributed by atoms with E-state index in [0.29, 0.717) is 11.8 Å². The normalized spacial score (nSPS) is 21.0. The van der Waals surface area contributed by atoms with E-state index in [1.54, 1.807) is 4.90 Å². The van der Waals surface area contributed by atoms with Crippen molar-refractivity contribution >= 4 is 11.9 Å². The quantitative estimate of drug-likeness (QED) is 0.676. The second-order valence-corrected chi connectivity index (χ2v) is 5.33. The highest BCUT2D eigenvalue weighted by atomic mass is 16.4. The molecule has 0 spiro atoms. The Morgan fingerprint density at radius 1 is 1.18 bits per heavy atom. The van der Waals surface area contributed by atoms with Crippen molar-refractivity contribution in [3.8, 4) is 0 Å². The van der Waals surface area contributed by atoms with E-state index in [1.165, 1.54) is 25.7 Å². The Kier molecular flexibility index (Phi) is 3.66. The molecule has 2 fully saturated rings. The Hall–Kier alpha value is -1.10. The van der Waals surface area contributed by atoms with Crippen LogP contribution in [0.1, 0.15) is 32.1 Å². The second kappa shape index (κ2) is 5.04. The van der Waals surface area contributed by atoms with Crippen LogP contribution in [0.4, 0.5) is 0 Å². The first kappa shape index (κ1) is 12.4. The molecule has 0 aromatic rings. The minimum Gasteiger partial charge on any atom is -0.481 e. The molecule has 2 rings (SSSR count). The first-order valence-corrected chi connectivity index (χ1v) is 6.32.